The Morgan fingerprint density at radius 3 is 0.819 bits per heavy atom. The van der Waals surface area contributed by atoms with Crippen LogP contribution in [0, 0.1) is 0 Å². The first-order valence-electron chi connectivity index (χ1n) is 35.9. The molecular formula is C76H134O7. The molecule has 2 aromatic carbocycles. The molecule has 7 nitrogen and oxygen atoms in total. The molecule has 0 radical (unpaired) electrons. The molecule has 2 unspecified atom stereocenters. The predicted molar refractivity (Wildman–Crippen MR) is 356 cm³/mol. The van der Waals surface area contributed by atoms with Crippen molar-refractivity contribution >= 4 is 0 Å². The van der Waals surface area contributed by atoms with Gasteiger partial charge in [0.15, 0.2) is 25.2 Å². The van der Waals surface area contributed by atoms with Gasteiger partial charge in [0.1, 0.15) is 0 Å². The van der Waals surface area contributed by atoms with Gasteiger partial charge in [0.2, 0.25) is 0 Å². The summed E-state index contributed by atoms with van der Waals surface area (Å²) >= 11 is 0. The second kappa shape index (κ2) is 62.7. The van der Waals surface area contributed by atoms with Gasteiger partial charge < -0.3 is 33.2 Å². The van der Waals surface area contributed by atoms with E-state index in [1.165, 1.54) is 244 Å². The number of ether oxygens (including phenoxy) is 7. The van der Waals surface area contributed by atoms with Crippen LogP contribution in [-0.4, -0.2) is 51.6 Å². The van der Waals surface area contributed by atoms with Gasteiger partial charge in [-0.15, -0.1) is 0 Å². The number of benzene rings is 2. The van der Waals surface area contributed by atoms with E-state index in [1.807, 2.05) is 12.1 Å². The van der Waals surface area contributed by atoms with Gasteiger partial charge in [0.05, 0.1) is 13.2 Å². The van der Waals surface area contributed by atoms with Gasteiger partial charge in [-0.2, -0.15) is 0 Å². The molecule has 0 bridgehead atoms. The zero-order chi connectivity index (χ0) is 59.1. The van der Waals surface area contributed by atoms with Crippen molar-refractivity contribution in [3.63, 3.8) is 0 Å². The largest absolute Gasteiger partial charge is 0.353 e. The molecule has 83 heavy (non-hydrogen) atoms. The third kappa shape index (κ3) is 52.5. The first-order valence-corrected chi connectivity index (χ1v) is 35.9. The molecule has 480 valence electrons. The Morgan fingerprint density at radius 2 is 0.530 bits per heavy atom. The highest BCUT2D eigenvalue weighted by molar-refractivity contribution is 5.14. The van der Waals surface area contributed by atoms with Crippen molar-refractivity contribution in [2.24, 2.45) is 0 Å². The fourth-order valence-electron chi connectivity index (χ4n) is 10.8. The molecule has 0 saturated carbocycles. The molecule has 0 fully saturated rings. The second-order valence-electron chi connectivity index (χ2n) is 24.3. The summed E-state index contributed by atoms with van der Waals surface area (Å²) in [4.78, 5) is 0. The first kappa shape index (κ1) is 76.7. The average Bonchev–Trinajstić information content (AvgIpc) is 3.51. The van der Waals surface area contributed by atoms with E-state index in [2.05, 4.69) is 101 Å². The highest BCUT2D eigenvalue weighted by Crippen LogP contribution is 2.20. The van der Waals surface area contributed by atoms with Gasteiger partial charge in [-0.1, -0.05) is 319 Å². The Bertz CT molecular complexity index is 1440. The summed E-state index contributed by atoms with van der Waals surface area (Å²) in [5.41, 5.74) is 2.26. The monoisotopic (exact) mass is 1160 g/mol. The van der Waals surface area contributed by atoms with Crippen LogP contribution in [0.1, 0.15) is 334 Å². The van der Waals surface area contributed by atoms with Crippen molar-refractivity contribution in [2.75, 3.05) is 26.4 Å². The molecule has 2 rings (SSSR count). The maximum atomic E-state index is 6.63. The van der Waals surface area contributed by atoms with Gasteiger partial charge in [0, 0.05) is 26.4 Å². The Labute approximate surface area is 514 Å². The molecule has 0 aliphatic heterocycles. The average molecular weight is 1160 g/mol. The molecule has 2 atom stereocenters. The van der Waals surface area contributed by atoms with Crippen molar-refractivity contribution in [3.8, 4) is 0 Å². The Hall–Kier alpha value is -2.36. The third-order valence-corrected chi connectivity index (χ3v) is 16.2. The van der Waals surface area contributed by atoms with E-state index in [1.54, 1.807) is 0 Å². The van der Waals surface area contributed by atoms with Crippen LogP contribution in [0.2, 0.25) is 0 Å². The minimum Gasteiger partial charge on any atom is -0.353 e. The molecule has 0 N–H and O–H groups in total. The van der Waals surface area contributed by atoms with Crippen molar-refractivity contribution in [2.45, 2.75) is 361 Å². The summed E-state index contributed by atoms with van der Waals surface area (Å²) in [6.45, 7) is 13.5. The number of hydrogen-bond acceptors (Lipinski definition) is 7. The summed E-state index contributed by atoms with van der Waals surface area (Å²) in [5.74, 6) is 0. The van der Waals surface area contributed by atoms with E-state index in [0.717, 1.165) is 88.9 Å². The van der Waals surface area contributed by atoms with Gasteiger partial charge in [-0.25, -0.2) is 0 Å². The molecule has 0 aromatic heterocycles. The number of rotatable bonds is 66. The lowest BCUT2D eigenvalue weighted by atomic mass is 10.1. The maximum absolute atomic E-state index is 6.63. The molecule has 0 spiro atoms. The highest BCUT2D eigenvalue weighted by Gasteiger charge is 2.15. The summed E-state index contributed by atoms with van der Waals surface area (Å²) in [6.07, 6.45) is 65.8. The predicted octanol–water partition coefficient (Wildman–Crippen LogP) is 23.9. The normalized spacial score (nSPS) is 12.8. The highest BCUT2D eigenvalue weighted by atomic mass is 16.8. The van der Waals surface area contributed by atoms with E-state index in [9.17, 15) is 0 Å². The summed E-state index contributed by atoms with van der Waals surface area (Å²) in [6, 6.07) is 20.8. The van der Waals surface area contributed by atoms with Crippen molar-refractivity contribution < 1.29 is 33.2 Å². The van der Waals surface area contributed by atoms with Crippen LogP contribution in [0.15, 0.2) is 85.0 Å². The summed E-state index contributed by atoms with van der Waals surface area (Å²) in [7, 11) is 0. The lowest BCUT2D eigenvalue weighted by Crippen LogP contribution is -2.24. The van der Waals surface area contributed by atoms with E-state index >= 15 is 0 Å². The Balaban J connectivity index is 1.79. The van der Waals surface area contributed by atoms with Gasteiger partial charge in [0.25, 0.3) is 0 Å². The maximum Gasteiger partial charge on any atom is 0.180 e. The molecule has 0 amide bonds. The van der Waals surface area contributed by atoms with Crippen LogP contribution in [0.4, 0.5) is 0 Å². The summed E-state index contributed by atoms with van der Waals surface area (Å²) in [5, 5.41) is 0. The Morgan fingerprint density at radius 1 is 0.277 bits per heavy atom. The molecule has 0 heterocycles. The van der Waals surface area contributed by atoms with Crippen LogP contribution < -0.4 is 0 Å². The van der Waals surface area contributed by atoms with Crippen LogP contribution in [-0.2, 0) is 46.4 Å². The molecule has 0 saturated heterocycles. The quantitative estimate of drug-likeness (QED) is 0.0371. The fourth-order valence-corrected chi connectivity index (χ4v) is 10.8. The SMILES string of the molecule is CCCCCCCCCOC(CCCCCCCCCC=CC(OCc1ccccc1)OC(C=CCCCCCCCCCC(OCCCCCCCCC)OCCCCCCCCC)OCc1ccccc1)OCCCCCCCCC. The van der Waals surface area contributed by atoms with Gasteiger partial charge in [-0.3, -0.25) is 0 Å². The van der Waals surface area contributed by atoms with Crippen LogP contribution in [0.25, 0.3) is 0 Å². The minimum atomic E-state index is -0.521. The molecular weight excluding hydrogens is 1020 g/mol. The standard InChI is InChI=1S/C76H134O7/c1-5-9-13-17-31-39-53-65-77-73(78-66-54-40-32-18-14-10-6-2)61-49-35-27-23-21-25-29-37-51-63-75(81-69-71-57-45-43-46-58-71)83-76(82-70-72-59-47-44-48-60-72)64-52-38-30-26-22-24-28-36-50-62-74(79-67-55-41-33-19-15-11-7-3)80-68-56-42-34-20-16-12-8-4/h43-48,51-52,57-60,63-64,73-76H,5-42,49-50,53-56,61-62,65-70H2,1-4H3. The van der Waals surface area contributed by atoms with E-state index in [-0.39, 0.29) is 12.6 Å². The molecule has 2 aromatic rings. The van der Waals surface area contributed by atoms with Crippen LogP contribution in [0.5, 0.6) is 0 Å². The van der Waals surface area contributed by atoms with Crippen LogP contribution >= 0.6 is 0 Å². The van der Waals surface area contributed by atoms with Crippen LogP contribution in [0.3, 0.4) is 0 Å². The lowest BCUT2D eigenvalue weighted by Gasteiger charge is -2.22. The van der Waals surface area contributed by atoms with Crippen molar-refractivity contribution in [1.29, 1.82) is 0 Å². The van der Waals surface area contributed by atoms with E-state index in [4.69, 9.17) is 33.2 Å². The molecule has 0 aliphatic rings. The second-order valence-corrected chi connectivity index (χ2v) is 24.3. The zero-order valence-electron chi connectivity index (χ0n) is 55.0. The van der Waals surface area contributed by atoms with E-state index in [0.29, 0.717) is 13.2 Å². The minimum absolute atomic E-state index is 0.0333. The Kier molecular flexibility index (Phi) is 58.0. The van der Waals surface area contributed by atoms with Gasteiger partial charge >= 0.3 is 0 Å². The fraction of sp³-hybridized carbons (Fsp3) is 0.789. The lowest BCUT2D eigenvalue weighted by molar-refractivity contribution is -0.215. The van der Waals surface area contributed by atoms with E-state index < -0.39 is 12.6 Å². The number of hydrogen-bond donors (Lipinski definition) is 0. The smallest absolute Gasteiger partial charge is 0.180 e. The van der Waals surface area contributed by atoms with Crippen molar-refractivity contribution in [1.82, 2.24) is 0 Å². The zero-order valence-corrected chi connectivity index (χ0v) is 55.0. The number of unbranched alkanes of at least 4 members (excludes halogenated alkanes) is 38. The van der Waals surface area contributed by atoms with Gasteiger partial charge in [-0.05, 0) is 100 Å². The molecule has 0 aliphatic carbocycles. The number of allylic oxidation sites excluding steroid dienone is 2. The first-order chi connectivity index (χ1) is 41.2. The summed E-state index contributed by atoms with van der Waals surface area (Å²) < 4.78 is 44.9. The molecule has 7 heteroatoms. The van der Waals surface area contributed by atoms with Crippen molar-refractivity contribution in [3.05, 3.63) is 96.1 Å². The third-order valence-electron chi connectivity index (χ3n) is 16.2. The topological polar surface area (TPSA) is 64.6 Å².